The van der Waals surface area contributed by atoms with Gasteiger partial charge in [0.25, 0.3) is 10.9 Å². The predicted molar refractivity (Wildman–Crippen MR) is 136 cm³/mol. The molecule has 2 atom stereocenters. The van der Waals surface area contributed by atoms with Crippen LogP contribution >= 0.6 is 0 Å². The van der Waals surface area contributed by atoms with Crippen molar-refractivity contribution >= 4 is 22.1 Å². The lowest BCUT2D eigenvalue weighted by molar-refractivity contribution is 0.466. The van der Waals surface area contributed by atoms with Gasteiger partial charge in [-0.05, 0) is 58.7 Å². The molecule has 5 aromatic carbocycles. The molecule has 35 heavy (non-hydrogen) atoms. The predicted octanol–water partition coefficient (Wildman–Crippen LogP) is 5.46. The highest BCUT2D eigenvalue weighted by Crippen LogP contribution is 2.31. The number of hydrogen-bond donors (Lipinski definition) is 3. The largest absolute Gasteiger partial charge is 0.502 e. The van der Waals surface area contributed by atoms with Gasteiger partial charge in [-0.2, -0.15) is 0 Å². The second kappa shape index (κ2) is 9.16. The summed E-state index contributed by atoms with van der Waals surface area (Å²) in [5.41, 5.74) is 1.68. The number of fused-ring (bicyclic) bond motifs is 1. The minimum atomic E-state index is -0.890. The monoisotopic (exact) mass is 466 g/mol. The van der Waals surface area contributed by atoms with Gasteiger partial charge in [-0.1, -0.05) is 66.7 Å². The molecular formula is C29H23FN2O3. The van der Waals surface area contributed by atoms with Crippen molar-refractivity contribution < 1.29 is 9.50 Å². The van der Waals surface area contributed by atoms with Crippen molar-refractivity contribution in [1.82, 2.24) is 5.32 Å². The van der Waals surface area contributed by atoms with Crippen LogP contribution in [0.5, 0.6) is 5.75 Å². The molecule has 0 aromatic heterocycles. The van der Waals surface area contributed by atoms with Crippen molar-refractivity contribution in [2.45, 2.75) is 19.0 Å². The number of halogens is 1. The minimum absolute atomic E-state index is 0.0506. The van der Waals surface area contributed by atoms with Gasteiger partial charge in [-0.3, -0.25) is 14.9 Å². The summed E-state index contributed by atoms with van der Waals surface area (Å²) in [5, 5.41) is 18.5. The van der Waals surface area contributed by atoms with Crippen LogP contribution in [0.1, 0.15) is 35.7 Å². The molecule has 0 fully saturated rings. The van der Waals surface area contributed by atoms with E-state index in [4.69, 9.17) is 0 Å². The van der Waals surface area contributed by atoms with E-state index in [2.05, 4.69) is 41.8 Å². The van der Waals surface area contributed by atoms with Gasteiger partial charge in [0.15, 0.2) is 5.75 Å². The van der Waals surface area contributed by atoms with E-state index in [1.165, 1.54) is 12.1 Å². The number of aromatic hydroxyl groups is 1. The lowest BCUT2D eigenvalue weighted by Gasteiger charge is -2.26. The Morgan fingerprint density at radius 2 is 1.51 bits per heavy atom. The Morgan fingerprint density at radius 3 is 2.29 bits per heavy atom. The van der Waals surface area contributed by atoms with Crippen LogP contribution in [-0.4, -0.2) is 5.11 Å². The third-order valence-corrected chi connectivity index (χ3v) is 6.28. The summed E-state index contributed by atoms with van der Waals surface area (Å²) >= 11 is 0. The summed E-state index contributed by atoms with van der Waals surface area (Å²) in [7, 11) is 0. The second-order valence-corrected chi connectivity index (χ2v) is 8.57. The lowest BCUT2D eigenvalue weighted by Crippen LogP contribution is -2.32. The first-order chi connectivity index (χ1) is 16.9. The van der Waals surface area contributed by atoms with Crippen molar-refractivity contribution in [1.29, 1.82) is 0 Å². The Kier molecular flexibility index (Phi) is 5.89. The highest BCUT2D eigenvalue weighted by atomic mass is 19.1. The van der Waals surface area contributed by atoms with E-state index < -0.39 is 16.6 Å². The fourth-order valence-corrected chi connectivity index (χ4v) is 4.44. The van der Waals surface area contributed by atoms with Crippen molar-refractivity contribution in [2.75, 3.05) is 5.32 Å². The molecule has 174 valence electrons. The molecule has 0 aliphatic carbocycles. The molecule has 0 aliphatic rings. The number of hydrogen-bond acceptors (Lipinski definition) is 5. The fourth-order valence-electron chi connectivity index (χ4n) is 4.44. The first kappa shape index (κ1) is 22.5. The molecule has 0 bridgehead atoms. The maximum absolute atomic E-state index is 13.7. The SMILES string of the molecule is C[C@@H](NC(c1ccc(F)cc1)c1cccc(Nc2c(O)c(=O)c2=O)c1)c1cccc2ccccc12. The van der Waals surface area contributed by atoms with Crippen LogP contribution in [0.4, 0.5) is 15.8 Å². The average Bonchev–Trinajstić information content (AvgIpc) is 2.90. The zero-order valence-corrected chi connectivity index (χ0v) is 19.0. The molecule has 0 aliphatic heterocycles. The van der Waals surface area contributed by atoms with Gasteiger partial charge in [0, 0.05) is 11.7 Å². The quantitative estimate of drug-likeness (QED) is 0.278. The standard InChI is InChI=1S/C29H23FN2O3/c1-17(23-11-5-7-18-6-2-3-10-24(18)23)31-25(19-12-14-21(30)15-13-19)20-8-4-9-22(16-20)32-26-27(33)29(35)28(26)34/h2-17,25,31-33H,1H3/t17-,25?/m1/s1. The van der Waals surface area contributed by atoms with Crippen molar-refractivity contribution in [3.05, 3.63) is 134 Å². The third-order valence-electron chi connectivity index (χ3n) is 6.28. The van der Waals surface area contributed by atoms with Crippen LogP contribution in [0.3, 0.4) is 0 Å². The van der Waals surface area contributed by atoms with Crippen LogP contribution in [0.15, 0.2) is 101 Å². The van der Waals surface area contributed by atoms with E-state index >= 15 is 0 Å². The molecule has 5 rings (SSSR count). The Hall–Kier alpha value is -4.29. The molecule has 3 N–H and O–H groups in total. The summed E-state index contributed by atoms with van der Waals surface area (Å²) < 4.78 is 13.7. The Balaban J connectivity index is 1.51. The Bertz CT molecular complexity index is 1580. The van der Waals surface area contributed by atoms with E-state index in [1.807, 2.05) is 36.4 Å². The molecule has 0 spiro atoms. The average molecular weight is 467 g/mol. The zero-order chi connectivity index (χ0) is 24.5. The Labute approximate surface area is 201 Å². The maximum atomic E-state index is 13.7. The molecule has 0 saturated carbocycles. The van der Waals surface area contributed by atoms with Gasteiger partial charge in [-0.15, -0.1) is 0 Å². The summed E-state index contributed by atoms with van der Waals surface area (Å²) in [4.78, 5) is 23.1. The van der Waals surface area contributed by atoms with E-state index in [-0.39, 0.29) is 23.6 Å². The molecule has 0 saturated heterocycles. The van der Waals surface area contributed by atoms with Crippen molar-refractivity contribution in [3.63, 3.8) is 0 Å². The molecule has 5 aromatic rings. The zero-order valence-electron chi connectivity index (χ0n) is 19.0. The summed E-state index contributed by atoms with van der Waals surface area (Å²) in [5.74, 6) is -0.876. The Morgan fingerprint density at radius 1 is 0.800 bits per heavy atom. The second-order valence-electron chi connectivity index (χ2n) is 8.57. The molecule has 1 unspecified atom stereocenters. The molecule has 5 nitrogen and oxygen atoms in total. The third kappa shape index (κ3) is 4.32. The molecule has 0 heterocycles. The van der Waals surface area contributed by atoms with Gasteiger partial charge in [0.05, 0.1) is 6.04 Å². The first-order valence-electron chi connectivity index (χ1n) is 11.3. The smallest absolute Gasteiger partial charge is 0.271 e. The maximum Gasteiger partial charge on any atom is 0.271 e. The van der Waals surface area contributed by atoms with Crippen LogP contribution in [-0.2, 0) is 0 Å². The first-order valence-corrected chi connectivity index (χ1v) is 11.3. The topological polar surface area (TPSA) is 78.4 Å². The molecular weight excluding hydrogens is 443 g/mol. The van der Waals surface area contributed by atoms with E-state index in [1.54, 1.807) is 18.2 Å². The van der Waals surface area contributed by atoms with E-state index in [0.717, 1.165) is 27.5 Å². The van der Waals surface area contributed by atoms with Crippen LogP contribution < -0.4 is 21.5 Å². The van der Waals surface area contributed by atoms with Gasteiger partial charge in [0.2, 0.25) is 0 Å². The van der Waals surface area contributed by atoms with Crippen molar-refractivity contribution in [2.24, 2.45) is 0 Å². The van der Waals surface area contributed by atoms with Crippen LogP contribution in [0.2, 0.25) is 0 Å². The normalized spacial score (nSPS) is 13.1. The van der Waals surface area contributed by atoms with Crippen molar-refractivity contribution in [3.8, 4) is 5.75 Å². The van der Waals surface area contributed by atoms with Gasteiger partial charge < -0.3 is 10.4 Å². The summed E-state index contributed by atoms with van der Waals surface area (Å²) in [6.07, 6.45) is 0. The van der Waals surface area contributed by atoms with Crippen LogP contribution in [0, 0.1) is 5.82 Å². The lowest BCUT2D eigenvalue weighted by atomic mass is 9.94. The minimum Gasteiger partial charge on any atom is -0.502 e. The molecule has 6 heteroatoms. The highest BCUT2D eigenvalue weighted by molar-refractivity contribution is 5.86. The molecule has 0 radical (unpaired) electrons. The van der Waals surface area contributed by atoms with Crippen LogP contribution in [0.25, 0.3) is 10.8 Å². The highest BCUT2D eigenvalue weighted by Gasteiger charge is 2.22. The molecule has 0 amide bonds. The number of rotatable bonds is 7. The number of anilines is 2. The summed E-state index contributed by atoms with van der Waals surface area (Å²) in [6.45, 7) is 2.09. The fraction of sp³-hybridized carbons (Fsp3) is 0.103. The van der Waals surface area contributed by atoms with Gasteiger partial charge in [0.1, 0.15) is 11.5 Å². The van der Waals surface area contributed by atoms with E-state index in [0.29, 0.717) is 5.69 Å². The van der Waals surface area contributed by atoms with Gasteiger partial charge >= 0.3 is 0 Å². The van der Waals surface area contributed by atoms with Gasteiger partial charge in [-0.25, -0.2) is 4.39 Å². The summed E-state index contributed by atoms with van der Waals surface area (Å²) in [6, 6.07) is 27.7. The van der Waals surface area contributed by atoms with E-state index in [9.17, 15) is 19.1 Å². The number of benzene rings is 4. The number of nitrogens with one attached hydrogen (secondary N) is 2.